The molecule has 4 atom stereocenters. The smallest absolute Gasteiger partial charge is 0.504 e. The highest BCUT2D eigenvalue weighted by Crippen LogP contribution is 2.69. The summed E-state index contributed by atoms with van der Waals surface area (Å²) in [5.41, 5.74) is 0. The highest BCUT2D eigenvalue weighted by Gasteiger charge is 2.59. The summed E-state index contributed by atoms with van der Waals surface area (Å²) < 4.78 is 16.7. The Balaban J connectivity index is 1.75. The number of fused-ring (bicyclic) bond motifs is 1. The van der Waals surface area contributed by atoms with E-state index in [9.17, 15) is 14.8 Å². The lowest BCUT2D eigenvalue weighted by Crippen LogP contribution is -2.36. The molecule has 1 aliphatic carbocycles. The Hall–Kier alpha value is -1.52. The van der Waals surface area contributed by atoms with Gasteiger partial charge in [-0.2, -0.15) is 0 Å². The summed E-state index contributed by atoms with van der Waals surface area (Å²) in [5.74, 6) is 1.67. The van der Waals surface area contributed by atoms with E-state index in [1.54, 1.807) is 6.07 Å². The maximum atomic E-state index is 12.4. The fourth-order valence-corrected chi connectivity index (χ4v) is 6.81. The zero-order chi connectivity index (χ0) is 21.6. The van der Waals surface area contributed by atoms with E-state index < -0.39 is 18.8 Å². The summed E-state index contributed by atoms with van der Waals surface area (Å²) in [6, 6.07) is 2.90. The molecule has 1 heterocycles. The molecule has 1 aliphatic heterocycles. The van der Waals surface area contributed by atoms with Crippen molar-refractivity contribution >= 4 is 18.9 Å². The zero-order valence-electron chi connectivity index (χ0n) is 18.3. The van der Waals surface area contributed by atoms with Crippen LogP contribution in [0.2, 0.25) is 0 Å². The van der Waals surface area contributed by atoms with Gasteiger partial charge in [-0.1, -0.05) is 27.2 Å². The van der Waals surface area contributed by atoms with E-state index in [0.29, 0.717) is 28.8 Å². The predicted octanol–water partition coefficient (Wildman–Crippen LogP) is 5.07. The monoisotopic (exact) mass is 425 g/mol. The van der Waals surface area contributed by atoms with Crippen molar-refractivity contribution in [3.05, 3.63) is 12.1 Å². The lowest BCUT2D eigenvalue weighted by molar-refractivity contribution is -0.0136. The van der Waals surface area contributed by atoms with Crippen molar-refractivity contribution in [2.24, 2.45) is 17.8 Å². The van der Waals surface area contributed by atoms with Crippen molar-refractivity contribution in [2.75, 3.05) is 6.35 Å². The van der Waals surface area contributed by atoms with Gasteiger partial charge in [0.25, 0.3) is 0 Å². The summed E-state index contributed by atoms with van der Waals surface area (Å²) in [6.07, 6.45) is 2.23. The molecule has 162 valence electrons. The molecule has 0 bridgehead atoms. The number of carbonyl (C=O) groups excluding carboxylic acids is 1. The van der Waals surface area contributed by atoms with Crippen LogP contribution in [-0.2, 0) is 4.74 Å². The Morgan fingerprint density at radius 2 is 1.97 bits per heavy atom. The molecule has 3 rings (SSSR count). The van der Waals surface area contributed by atoms with Gasteiger partial charge in [-0.05, 0) is 51.4 Å². The first-order chi connectivity index (χ1) is 13.4. The molecule has 0 amide bonds. The van der Waals surface area contributed by atoms with E-state index in [4.69, 9.17) is 14.2 Å². The average Bonchev–Trinajstić information content (AvgIpc) is 2.93. The zero-order valence-corrected chi connectivity index (χ0v) is 19.2. The standard InChI is InChI=1S/C22H33O6P/c1-13(2)16-8-7-14(3)9-18(16)28-21(24)27-15-10-17(23)20-19(11-15)26-12-29(20,25)22(4,5)6/h10-11,13-14,16,18,25H,7-9,12H2,1-6H3/p+1/t14-,16+,18-,29?/m0/s1. The van der Waals surface area contributed by atoms with Crippen LogP contribution in [0.5, 0.6) is 17.2 Å². The van der Waals surface area contributed by atoms with Gasteiger partial charge in [0.2, 0.25) is 19.1 Å². The van der Waals surface area contributed by atoms with Crippen molar-refractivity contribution in [1.29, 1.82) is 0 Å². The highest BCUT2D eigenvalue weighted by atomic mass is 31.2. The Morgan fingerprint density at radius 3 is 2.59 bits per heavy atom. The number of ether oxygens (including phenoxy) is 3. The van der Waals surface area contributed by atoms with Crippen LogP contribution in [0.25, 0.3) is 0 Å². The van der Waals surface area contributed by atoms with E-state index >= 15 is 0 Å². The van der Waals surface area contributed by atoms with Crippen LogP contribution in [0.3, 0.4) is 0 Å². The Labute approximate surface area is 174 Å². The third-order valence-corrected chi connectivity index (χ3v) is 10.2. The van der Waals surface area contributed by atoms with Crippen molar-refractivity contribution in [3.63, 3.8) is 0 Å². The average molecular weight is 425 g/mol. The molecule has 2 aliphatic rings. The number of phenolic OH excluding ortho intramolecular Hbond substituents is 1. The molecule has 2 N–H and O–H groups in total. The largest absolute Gasteiger partial charge is 0.514 e. The second-order valence-electron chi connectivity index (χ2n) is 9.84. The van der Waals surface area contributed by atoms with Crippen LogP contribution >= 0.6 is 7.49 Å². The minimum absolute atomic E-state index is 0.111. The van der Waals surface area contributed by atoms with Crippen molar-refractivity contribution in [2.45, 2.75) is 72.1 Å². The van der Waals surface area contributed by atoms with Crippen LogP contribution in [0.15, 0.2) is 12.1 Å². The van der Waals surface area contributed by atoms with Crippen LogP contribution in [0.4, 0.5) is 4.79 Å². The van der Waals surface area contributed by atoms with Gasteiger partial charge < -0.3 is 19.3 Å². The van der Waals surface area contributed by atoms with Crippen LogP contribution in [-0.4, -0.2) is 33.8 Å². The van der Waals surface area contributed by atoms with E-state index in [2.05, 4.69) is 20.8 Å². The maximum Gasteiger partial charge on any atom is 0.514 e. The first-order valence-corrected chi connectivity index (χ1v) is 12.3. The topological polar surface area (TPSA) is 85.2 Å². The van der Waals surface area contributed by atoms with Crippen LogP contribution in [0, 0.1) is 17.8 Å². The first-order valence-electron chi connectivity index (χ1n) is 10.4. The minimum atomic E-state index is -2.68. The predicted molar refractivity (Wildman–Crippen MR) is 114 cm³/mol. The first kappa shape index (κ1) is 22.2. The number of aromatic hydroxyl groups is 1. The lowest BCUT2D eigenvalue weighted by atomic mass is 9.75. The van der Waals surface area contributed by atoms with Gasteiger partial charge >= 0.3 is 6.16 Å². The number of hydrogen-bond acceptors (Lipinski definition) is 6. The Morgan fingerprint density at radius 1 is 1.28 bits per heavy atom. The fraction of sp³-hybridized carbons (Fsp3) is 0.682. The van der Waals surface area contributed by atoms with Gasteiger partial charge in [0.1, 0.15) is 17.0 Å². The van der Waals surface area contributed by atoms with Crippen molar-refractivity contribution in [3.8, 4) is 17.2 Å². The highest BCUT2D eigenvalue weighted by molar-refractivity contribution is 7.79. The number of carbonyl (C=O) groups is 1. The summed E-state index contributed by atoms with van der Waals surface area (Å²) in [4.78, 5) is 23.6. The summed E-state index contributed by atoms with van der Waals surface area (Å²) >= 11 is 0. The SMILES string of the molecule is CC(C)[C@H]1CC[C@H](C)C[C@@H]1OC(=O)Oc1cc(O)c2c(c1)OC[P+]2(O)C(C)(C)C. The molecular formula is C22H34O6P+. The molecule has 6 nitrogen and oxygen atoms in total. The minimum Gasteiger partial charge on any atom is -0.504 e. The summed E-state index contributed by atoms with van der Waals surface area (Å²) in [5, 5.41) is 10.6. The molecule has 0 saturated heterocycles. The van der Waals surface area contributed by atoms with Gasteiger partial charge in [-0.15, -0.1) is 0 Å². The molecule has 1 saturated carbocycles. The molecule has 1 aromatic rings. The van der Waals surface area contributed by atoms with Crippen molar-refractivity contribution in [1.82, 2.24) is 0 Å². The Bertz CT molecular complexity index is 771. The molecule has 1 aromatic carbocycles. The van der Waals surface area contributed by atoms with Gasteiger partial charge in [-0.25, -0.2) is 9.69 Å². The third kappa shape index (κ3) is 4.34. The van der Waals surface area contributed by atoms with E-state index in [1.165, 1.54) is 6.07 Å². The molecule has 1 fully saturated rings. The molecule has 29 heavy (non-hydrogen) atoms. The molecule has 7 heteroatoms. The van der Waals surface area contributed by atoms with Gasteiger partial charge in [0, 0.05) is 12.1 Å². The van der Waals surface area contributed by atoms with Gasteiger partial charge in [0.15, 0.2) is 11.5 Å². The normalized spacial score (nSPS) is 29.3. The van der Waals surface area contributed by atoms with Crippen molar-refractivity contribution < 1.29 is 29.0 Å². The third-order valence-electron chi connectivity index (χ3n) is 6.33. The van der Waals surface area contributed by atoms with Crippen LogP contribution in [0.1, 0.15) is 60.8 Å². The molecule has 0 spiro atoms. The Kier molecular flexibility index (Phi) is 6.08. The number of benzene rings is 1. The lowest BCUT2D eigenvalue weighted by Gasteiger charge is -2.36. The number of rotatable bonds is 3. The molecule has 0 aromatic heterocycles. The molecule has 0 radical (unpaired) electrons. The number of hydrogen-bond donors (Lipinski definition) is 2. The summed E-state index contributed by atoms with van der Waals surface area (Å²) in [6.45, 7) is 12.3. The van der Waals surface area contributed by atoms with Gasteiger partial charge in [0.05, 0.1) is 0 Å². The number of phenols is 1. The van der Waals surface area contributed by atoms with Gasteiger partial charge in [-0.3, -0.25) is 0 Å². The second-order valence-corrected chi connectivity index (χ2v) is 13.4. The van der Waals surface area contributed by atoms with E-state index in [1.807, 2.05) is 20.8 Å². The van der Waals surface area contributed by atoms with E-state index in [-0.39, 0.29) is 24.0 Å². The molecule has 1 unspecified atom stereocenters. The van der Waals surface area contributed by atoms with Crippen LogP contribution < -0.4 is 14.8 Å². The molecular weight excluding hydrogens is 391 g/mol. The van der Waals surface area contributed by atoms with E-state index in [0.717, 1.165) is 19.3 Å². The quantitative estimate of drug-likeness (QED) is 0.400. The fourth-order valence-electron chi connectivity index (χ4n) is 4.36. The maximum absolute atomic E-state index is 12.4. The summed E-state index contributed by atoms with van der Waals surface area (Å²) in [7, 11) is -2.68. The second kappa shape index (κ2) is 7.96.